The molecule has 2 amide bonds. The average molecular weight is 461 g/mol. The summed E-state index contributed by atoms with van der Waals surface area (Å²) in [5.41, 5.74) is -0.180. The molecule has 1 unspecified atom stereocenters. The molecule has 33 heavy (non-hydrogen) atoms. The molecule has 0 saturated carbocycles. The lowest BCUT2D eigenvalue weighted by Gasteiger charge is -2.34. The predicted octanol–water partition coefficient (Wildman–Crippen LogP) is 4.84. The van der Waals surface area contributed by atoms with Crippen LogP contribution in [-0.2, 0) is 4.74 Å². The van der Waals surface area contributed by atoms with E-state index >= 15 is 0 Å². The molecule has 0 spiro atoms. The number of carbonyl (C=O) groups is 2. The second kappa shape index (κ2) is 10.3. The molecule has 1 fully saturated rings. The Balaban J connectivity index is 1.67. The lowest BCUT2D eigenvalue weighted by atomic mass is 9.90. The van der Waals surface area contributed by atoms with Gasteiger partial charge in [-0.1, -0.05) is 13.8 Å². The van der Waals surface area contributed by atoms with Crippen molar-refractivity contribution < 1.29 is 23.1 Å². The largest absolute Gasteiger partial charge is 0.444 e. The van der Waals surface area contributed by atoms with Gasteiger partial charge >= 0.3 is 6.09 Å². The number of hydrogen-bond donors (Lipinski definition) is 1. The molecule has 180 valence electrons. The maximum atomic E-state index is 13.2. The number of likely N-dealkylation sites (tertiary alicyclic amines) is 1. The quantitative estimate of drug-likeness (QED) is 0.662. The van der Waals surface area contributed by atoms with Gasteiger partial charge in [-0.2, -0.15) is 0 Å². The molecule has 1 aliphatic heterocycles. The standard InChI is InChI=1S/C24H33FN4O4/c1-15(2)21-27-28-22(32-21)19(26-20(30)17-6-8-18(25)9-7-17)14-16-10-12-29(13-11-16)23(31)33-24(3,4)5/h6-9,15-16,19H,10-14H2,1-5H3,(H,26,30). The fourth-order valence-electron chi connectivity index (χ4n) is 3.70. The van der Waals surface area contributed by atoms with Gasteiger partial charge in [-0.05, 0) is 70.2 Å². The SMILES string of the molecule is CC(C)c1nnc(C(CC2CCN(C(=O)OC(C)(C)C)CC2)NC(=O)c2ccc(F)cc2)o1. The Morgan fingerprint density at radius 3 is 2.30 bits per heavy atom. The Bertz CT molecular complexity index is 944. The third-order valence-electron chi connectivity index (χ3n) is 5.50. The van der Waals surface area contributed by atoms with Gasteiger partial charge in [-0.3, -0.25) is 4.79 Å². The van der Waals surface area contributed by atoms with Crippen molar-refractivity contribution in [3.05, 3.63) is 47.4 Å². The number of nitrogens with one attached hydrogen (secondary N) is 1. The van der Waals surface area contributed by atoms with E-state index in [0.717, 1.165) is 12.8 Å². The van der Waals surface area contributed by atoms with Crippen LogP contribution in [0.1, 0.15) is 88.0 Å². The number of halogens is 1. The molecule has 1 N–H and O–H groups in total. The van der Waals surface area contributed by atoms with Crippen molar-refractivity contribution in [2.45, 2.75) is 71.4 Å². The Labute approximate surface area is 193 Å². The number of rotatable bonds is 6. The number of benzene rings is 1. The summed E-state index contributed by atoms with van der Waals surface area (Å²) in [5.74, 6) is 0.427. The second-order valence-electron chi connectivity index (χ2n) is 9.81. The van der Waals surface area contributed by atoms with Crippen molar-refractivity contribution in [3.63, 3.8) is 0 Å². The van der Waals surface area contributed by atoms with E-state index in [4.69, 9.17) is 9.15 Å². The van der Waals surface area contributed by atoms with E-state index in [-0.39, 0.29) is 23.8 Å². The van der Waals surface area contributed by atoms with Crippen LogP contribution in [0, 0.1) is 11.7 Å². The Morgan fingerprint density at radius 2 is 1.76 bits per heavy atom. The molecule has 2 heterocycles. The molecule has 0 radical (unpaired) electrons. The van der Waals surface area contributed by atoms with Crippen LogP contribution in [0.3, 0.4) is 0 Å². The van der Waals surface area contributed by atoms with Crippen LogP contribution >= 0.6 is 0 Å². The van der Waals surface area contributed by atoms with E-state index in [0.29, 0.717) is 36.9 Å². The number of carbonyl (C=O) groups excluding carboxylic acids is 2. The Kier molecular flexibility index (Phi) is 7.71. The molecular weight excluding hydrogens is 427 g/mol. The number of nitrogens with zero attached hydrogens (tertiary/aromatic N) is 3. The number of hydrogen-bond acceptors (Lipinski definition) is 6. The first-order valence-corrected chi connectivity index (χ1v) is 11.4. The van der Waals surface area contributed by atoms with Crippen LogP contribution < -0.4 is 5.32 Å². The van der Waals surface area contributed by atoms with Crippen LogP contribution in [0.5, 0.6) is 0 Å². The van der Waals surface area contributed by atoms with Crippen molar-refractivity contribution in [3.8, 4) is 0 Å². The monoisotopic (exact) mass is 460 g/mol. The highest BCUT2D eigenvalue weighted by Crippen LogP contribution is 2.30. The fourth-order valence-corrected chi connectivity index (χ4v) is 3.70. The van der Waals surface area contributed by atoms with Crippen LogP contribution in [0.2, 0.25) is 0 Å². The van der Waals surface area contributed by atoms with Crippen LogP contribution in [0.4, 0.5) is 9.18 Å². The van der Waals surface area contributed by atoms with Gasteiger partial charge in [-0.25, -0.2) is 9.18 Å². The molecule has 1 aliphatic rings. The number of piperidine rings is 1. The van der Waals surface area contributed by atoms with E-state index < -0.39 is 17.5 Å². The zero-order valence-corrected chi connectivity index (χ0v) is 19.9. The summed E-state index contributed by atoms with van der Waals surface area (Å²) in [6.07, 6.45) is 1.83. The number of ether oxygens (including phenoxy) is 1. The maximum absolute atomic E-state index is 13.2. The summed E-state index contributed by atoms with van der Waals surface area (Å²) in [6, 6.07) is 4.89. The molecular formula is C24H33FN4O4. The van der Waals surface area contributed by atoms with Gasteiger partial charge in [0.05, 0.1) is 0 Å². The van der Waals surface area contributed by atoms with Gasteiger partial charge in [0.1, 0.15) is 17.5 Å². The molecule has 1 saturated heterocycles. The van der Waals surface area contributed by atoms with Crippen molar-refractivity contribution >= 4 is 12.0 Å². The molecule has 8 nitrogen and oxygen atoms in total. The summed E-state index contributed by atoms with van der Waals surface area (Å²) in [5, 5.41) is 11.2. The molecule has 2 aromatic rings. The minimum absolute atomic E-state index is 0.0665. The van der Waals surface area contributed by atoms with Gasteiger partial charge in [0.2, 0.25) is 11.8 Å². The number of amides is 2. The van der Waals surface area contributed by atoms with Crippen molar-refractivity contribution in [1.29, 1.82) is 0 Å². The highest BCUT2D eigenvalue weighted by Gasteiger charge is 2.31. The van der Waals surface area contributed by atoms with E-state index in [1.54, 1.807) is 4.90 Å². The first-order chi connectivity index (χ1) is 15.5. The van der Waals surface area contributed by atoms with Crippen molar-refractivity contribution in [1.82, 2.24) is 20.4 Å². The zero-order chi connectivity index (χ0) is 24.2. The second-order valence-corrected chi connectivity index (χ2v) is 9.81. The summed E-state index contributed by atoms with van der Waals surface area (Å²) >= 11 is 0. The third-order valence-corrected chi connectivity index (χ3v) is 5.50. The van der Waals surface area contributed by atoms with Crippen LogP contribution in [-0.4, -0.2) is 45.8 Å². The molecule has 3 rings (SSSR count). The predicted molar refractivity (Wildman–Crippen MR) is 120 cm³/mol. The molecule has 9 heteroatoms. The van der Waals surface area contributed by atoms with Gasteiger partial charge < -0.3 is 19.4 Å². The lowest BCUT2D eigenvalue weighted by Crippen LogP contribution is -2.42. The van der Waals surface area contributed by atoms with E-state index in [1.165, 1.54) is 24.3 Å². The lowest BCUT2D eigenvalue weighted by molar-refractivity contribution is 0.0177. The van der Waals surface area contributed by atoms with E-state index in [1.807, 2.05) is 34.6 Å². The zero-order valence-electron chi connectivity index (χ0n) is 19.9. The number of aromatic nitrogens is 2. The van der Waals surface area contributed by atoms with Gasteiger partial charge in [0.25, 0.3) is 5.91 Å². The summed E-state index contributed by atoms with van der Waals surface area (Å²) in [4.78, 5) is 26.9. The summed E-state index contributed by atoms with van der Waals surface area (Å²) in [7, 11) is 0. The average Bonchev–Trinajstić information content (AvgIpc) is 3.23. The van der Waals surface area contributed by atoms with Crippen molar-refractivity contribution in [2.75, 3.05) is 13.1 Å². The minimum Gasteiger partial charge on any atom is -0.444 e. The minimum atomic E-state index is -0.532. The van der Waals surface area contributed by atoms with Gasteiger partial charge in [-0.15, -0.1) is 10.2 Å². The fraction of sp³-hybridized carbons (Fsp3) is 0.583. The maximum Gasteiger partial charge on any atom is 0.410 e. The summed E-state index contributed by atoms with van der Waals surface area (Å²) < 4.78 is 24.5. The molecule has 1 atom stereocenters. The van der Waals surface area contributed by atoms with Crippen LogP contribution in [0.15, 0.2) is 28.7 Å². The third kappa shape index (κ3) is 7.00. The van der Waals surface area contributed by atoms with Crippen LogP contribution in [0.25, 0.3) is 0 Å². The molecule has 1 aromatic carbocycles. The van der Waals surface area contributed by atoms with Crippen molar-refractivity contribution in [2.24, 2.45) is 5.92 Å². The van der Waals surface area contributed by atoms with Gasteiger partial charge in [0.15, 0.2) is 0 Å². The smallest absolute Gasteiger partial charge is 0.410 e. The van der Waals surface area contributed by atoms with E-state index in [2.05, 4.69) is 15.5 Å². The Morgan fingerprint density at radius 1 is 1.15 bits per heavy atom. The topological polar surface area (TPSA) is 97.6 Å². The highest BCUT2D eigenvalue weighted by atomic mass is 19.1. The summed E-state index contributed by atoms with van der Waals surface area (Å²) in [6.45, 7) is 10.6. The molecule has 0 aliphatic carbocycles. The first kappa shape index (κ1) is 24.7. The Hall–Kier alpha value is -2.97. The normalized spacial score (nSPS) is 16.0. The van der Waals surface area contributed by atoms with E-state index in [9.17, 15) is 14.0 Å². The highest BCUT2D eigenvalue weighted by molar-refractivity contribution is 5.94. The molecule has 0 bridgehead atoms. The van der Waals surface area contributed by atoms with Gasteiger partial charge in [0, 0.05) is 24.6 Å². The molecule has 1 aromatic heterocycles. The first-order valence-electron chi connectivity index (χ1n) is 11.4.